The van der Waals surface area contributed by atoms with Gasteiger partial charge in [0, 0.05) is 43.5 Å². The molecule has 0 saturated carbocycles. The molecule has 0 radical (unpaired) electrons. The van der Waals surface area contributed by atoms with Crippen molar-refractivity contribution in [3.8, 4) is 0 Å². The summed E-state index contributed by atoms with van der Waals surface area (Å²) < 4.78 is 0. The van der Waals surface area contributed by atoms with Gasteiger partial charge < -0.3 is 15.1 Å². The monoisotopic (exact) mass is 411 g/mol. The van der Waals surface area contributed by atoms with Gasteiger partial charge in [-0.1, -0.05) is 35.9 Å². The fraction of sp³-hybridized carbons (Fsp3) is 0.391. The zero-order valence-electron chi connectivity index (χ0n) is 16.4. The van der Waals surface area contributed by atoms with Gasteiger partial charge in [-0.05, 0) is 49.1 Å². The summed E-state index contributed by atoms with van der Waals surface area (Å²) in [5, 5.41) is 3.61. The van der Waals surface area contributed by atoms with Crippen molar-refractivity contribution < 1.29 is 9.59 Å². The summed E-state index contributed by atoms with van der Waals surface area (Å²) in [5.74, 6) is -0.0584. The molecule has 2 amide bonds. The number of carbonyl (C=O) groups excluding carboxylic acids is 2. The number of hydrogen-bond acceptors (Lipinski definition) is 3. The molecule has 1 saturated heterocycles. The van der Waals surface area contributed by atoms with Crippen molar-refractivity contribution in [3.63, 3.8) is 0 Å². The summed E-state index contributed by atoms with van der Waals surface area (Å²) in [7, 11) is 0. The van der Waals surface area contributed by atoms with Crippen LogP contribution >= 0.6 is 11.6 Å². The Balaban J connectivity index is 1.28. The zero-order chi connectivity index (χ0) is 20.2. The lowest BCUT2D eigenvalue weighted by molar-refractivity contribution is -0.125. The molecule has 2 aliphatic heterocycles. The van der Waals surface area contributed by atoms with Crippen LogP contribution < -0.4 is 15.1 Å². The predicted octanol–water partition coefficient (Wildman–Crippen LogP) is 3.79. The molecule has 4 rings (SSSR count). The van der Waals surface area contributed by atoms with Crippen molar-refractivity contribution in [3.05, 3.63) is 59.1 Å². The maximum absolute atomic E-state index is 12.9. The van der Waals surface area contributed by atoms with E-state index in [1.165, 1.54) is 0 Å². The van der Waals surface area contributed by atoms with E-state index < -0.39 is 0 Å². The molecule has 29 heavy (non-hydrogen) atoms. The van der Waals surface area contributed by atoms with Crippen LogP contribution in [0.3, 0.4) is 0 Å². The van der Waals surface area contributed by atoms with Crippen LogP contribution in [0.25, 0.3) is 0 Å². The number of para-hydroxylation sites is 2. The Hall–Kier alpha value is -2.53. The molecule has 1 N–H and O–H groups in total. The number of benzene rings is 2. The quantitative estimate of drug-likeness (QED) is 0.786. The Labute approximate surface area is 176 Å². The van der Waals surface area contributed by atoms with Gasteiger partial charge in [0.05, 0.1) is 11.4 Å². The van der Waals surface area contributed by atoms with Crippen molar-refractivity contribution in [1.82, 2.24) is 5.32 Å². The Morgan fingerprint density at radius 2 is 1.79 bits per heavy atom. The lowest BCUT2D eigenvalue weighted by atomic mass is 10.1. The molecule has 6 heteroatoms. The maximum atomic E-state index is 12.9. The van der Waals surface area contributed by atoms with Crippen LogP contribution in [0.1, 0.15) is 31.2 Å². The minimum Gasteiger partial charge on any atom is -0.365 e. The predicted molar refractivity (Wildman–Crippen MR) is 117 cm³/mol. The van der Waals surface area contributed by atoms with E-state index in [0.717, 1.165) is 42.7 Å². The highest BCUT2D eigenvalue weighted by Gasteiger charge is 2.35. The van der Waals surface area contributed by atoms with Crippen LogP contribution in [-0.4, -0.2) is 37.5 Å². The minimum absolute atomic E-state index is 0.0249. The number of carbonyl (C=O) groups is 2. The molecule has 1 atom stereocenters. The third kappa shape index (κ3) is 4.56. The van der Waals surface area contributed by atoms with Crippen molar-refractivity contribution in [2.75, 3.05) is 29.4 Å². The van der Waals surface area contributed by atoms with E-state index >= 15 is 0 Å². The SMILES string of the molecule is O=C(CCC(=O)N1CC2CCCN2c2ccccc21)NCCc1ccc(Cl)cc1. The van der Waals surface area contributed by atoms with Crippen LogP contribution in [0, 0.1) is 0 Å². The minimum atomic E-state index is -0.0832. The van der Waals surface area contributed by atoms with E-state index in [1.54, 1.807) is 0 Å². The molecule has 0 bridgehead atoms. The second-order valence-corrected chi connectivity index (χ2v) is 8.15. The fourth-order valence-corrected chi connectivity index (χ4v) is 4.39. The van der Waals surface area contributed by atoms with Gasteiger partial charge in [0.2, 0.25) is 11.8 Å². The van der Waals surface area contributed by atoms with E-state index in [2.05, 4.69) is 16.3 Å². The molecule has 0 spiro atoms. The number of rotatable bonds is 6. The largest absolute Gasteiger partial charge is 0.365 e. The van der Waals surface area contributed by atoms with Gasteiger partial charge in [0.15, 0.2) is 0 Å². The Bertz CT molecular complexity index is 884. The number of hydrogen-bond donors (Lipinski definition) is 1. The van der Waals surface area contributed by atoms with Gasteiger partial charge in [-0.2, -0.15) is 0 Å². The molecule has 2 aromatic carbocycles. The molecule has 1 fully saturated rings. The zero-order valence-corrected chi connectivity index (χ0v) is 17.2. The first-order valence-electron chi connectivity index (χ1n) is 10.3. The van der Waals surface area contributed by atoms with Crippen LogP contribution in [0.2, 0.25) is 5.02 Å². The number of amides is 2. The highest BCUT2D eigenvalue weighted by molar-refractivity contribution is 6.30. The van der Waals surface area contributed by atoms with Crippen LogP contribution in [0.4, 0.5) is 11.4 Å². The fourth-order valence-electron chi connectivity index (χ4n) is 4.26. The lowest BCUT2D eigenvalue weighted by Gasteiger charge is -2.40. The smallest absolute Gasteiger partial charge is 0.227 e. The van der Waals surface area contributed by atoms with Crippen molar-refractivity contribution >= 4 is 34.8 Å². The number of anilines is 2. The Morgan fingerprint density at radius 1 is 1.03 bits per heavy atom. The summed E-state index contributed by atoms with van der Waals surface area (Å²) in [6, 6.07) is 16.1. The molecular formula is C23H26ClN3O2. The summed E-state index contributed by atoms with van der Waals surface area (Å²) >= 11 is 5.88. The van der Waals surface area contributed by atoms with Crippen molar-refractivity contribution in [2.45, 2.75) is 38.1 Å². The molecule has 0 aromatic heterocycles. The van der Waals surface area contributed by atoms with Gasteiger partial charge >= 0.3 is 0 Å². The Morgan fingerprint density at radius 3 is 2.59 bits per heavy atom. The van der Waals surface area contributed by atoms with Crippen LogP contribution in [-0.2, 0) is 16.0 Å². The first-order valence-corrected chi connectivity index (χ1v) is 10.7. The highest BCUT2D eigenvalue weighted by Crippen LogP contribution is 2.39. The number of nitrogens with zero attached hydrogens (tertiary/aromatic N) is 2. The van der Waals surface area contributed by atoms with E-state index in [0.29, 0.717) is 24.2 Å². The molecular weight excluding hydrogens is 386 g/mol. The molecule has 2 heterocycles. The molecule has 5 nitrogen and oxygen atoms in total. The Kier molecular flexibility index (Phi) is 6.05. The average molecular weight is 412 g/mol. The maximum Gasteiger partial charge on any atom is 0.227 e. The van der Waals surface area contributed by atoms with E-state index in [4.69, 9.17) is 11.6 Å². The highest BCUT2D eigenvalue weighted by atomic mass is 35.5. The number of halogens is 1. The summed E-state index contributed by atoms with van der Waals surface area (Å²) in [4.78, 5) is 29.4. The normalized spacial score (nSPS) is 17.6. The van der Waals surface area contributed by atoms with Gasteiger partial charge in [-0.3, -0.25) is 9.59 Å². The average Bonchev–Trinajstić information content (AvgIpc) is 3.22. The standard InChI is InChI=1S/C23H26ClN3O2/c24-18-9-7-17(8-10-18)13-14-25-22(28)11-12-23(29)27-16-19-4-3-15-26(19)20-5-1-2-6-21(20)27/h1-2,5-10,19H,3-4,11-16H2,(H,25,28). The second-order valence-electron chi connectivity index (χ2n) is 7.71. The second kappa shape index (κ2) is 8.87. The number of nitrogens with one attached hydrogen (secondary N) is 1. The van der Waals surface area contributed by atoms with Crippen molar-refractivity contribution in [1.29, 1.82) is 0 Å². The molecule has 152 valence electrons. The van der Waals surface area contributed by atoms with Gasteiger partial charge in [0.1, 0.15) is 0 Å². The molecule has 0 aliphatic carbocycles. The van der Waals surface area contributed by atoms with Gasteiger partial charge in [0.25, 0.3) is 0 Å². The third-order valence-corrected chi connectivity index (χ3v) is 6.02. The molecule has 1 unspecified atom stereocenters. The number of fused-ring (bicyclic) bond motifs is 3. The van der Waals surface area contributed by atoms with Crippen LogP contribution in [0.15, 0.2) is 48.5 Å². The molecule has 2 aliphatic rings. The third-order valence-electron chi connectivity index (χ3n) is 5.77. The van der Waals surface area contributed by atoms with Gasteiger partial charge in [-0.25, -0.2) is 0 Å². The molecule has 2 aromatic rings. The van der Waals surface area contributed by atoms with Crippen molar-refractivity contribution in [2.24, 2.45) is 0 Å². The first kappa shape index (κ1) is 19.8. The van der Waals surface area contributed by atoms with Gasteiger partial charge in [-0.15, -0.1) is 0 Å². The summed E-state index contributed by atoms with van der Waals surface area (Å²) in [6.45, 7) is 2.33. The van der Waals surface area contributed by atoms with E-state index in [-0.39, 0.29) is 24.7 Å². The summed E-state index contributed by atoms with van der Waals surface area (Å²) in [6.07, 6.45) is 3.47. The van der Waals surface area contributed by atoms with E-state index in [9.17, 15) is 9.59 Å². The first-order chi connectivity index (χ1) is 14.1. The summed E-state index contributed by atoms with van der Waals surface area (Å²) in [5.41, 5.74) is 3.23. The van der Waals surface area contributed by atoms with Crippen LogP contribution in [0.5, 0.6) is 0 Å². The van der Waals surface area contributed by atoms with E-state index in [1.807, 2.05) is 47.4 Å². The topological polar surface area (TPSA) is 52.7 Å². The lowest BCUT2D eigenvalue weighted by Crippen LogP contribution is -2.48.